The minimum Gasteiger partial charge on any atom is -0.481 e. The number of rotatable bonds is 3. The maximum absolute atomic E-state index is 12.5. The minimum absolute atomic E-state index is 0.136. The Bertz CT molecular complexity index is 915. The number of aromatic nitrogens is 3. The molecule has 2 N–H and O–H groups in total. The number of fused-ring (bicyclic) bond motifs is 1. The quantitative estimate of drug-likeness (QED) is 0.758. The predicted molar refractivity (Wildman–Crippen MR) is 99.4 cm³/mol. The zero-order valence-electron chi connectivity index (χ0n) is 14.6. The van der Waals surface area contributed by atoms with Crippen LogP contribution in [0.5, 0.6) is 5.88 Å². The van der Waals surface area contributed by atoms with Crippen molar-refractivity contribution in [1.82, 2.24) is 19.9 Å². The van der Waals surface area contributed by atoms with Crippen molar-refractivity contribution in [2.24, 2.45) is 0 Å². The van der Waals surface area contributed by atoms with Crippen molar-refractivity contribution in [3.63, 3.8) is 0 Å². The van der Waals surface area contributed by atoms with Gasteiger partial charge in [-0.05, 0) is 30.4 Å². The van der Waals surface area contributed by atoms with Crippen LogP contribution >= 0.6 is 0 Å². The largest absolute Gasteiger partial charge is 0.481 e. The Balaban J connectivity index is 1.39. The van der Waals surface area contributed by atoms with Crippen LogP contribution in [0.15, 0.2) is 42.9 Å². The van der Waals surface area contributed by atoms with Crippen LogP contribution in [0.3, 0.4) is 0 Å². The number of urea groups is 1. The number of aromatic amines is 1. The fourth-order valence-electron chi connectivity index (χ4n) is 3.53. The van der Waals surface area contributed by atoms with Gasteiger partial charge in [0.1, 0.15) is 12.1 Å². The third kappa shape index (κ3) is 3.20. The molecule has 4 rings (SSSR count). The molecule has 0 unspecified atom stereocenters. The summed E-state index contributed by atoms with van der Waals surface area (Å²) in [6.45, 7) is 1.44. The van der Waals surface area contributed by atoms with E-state index in [-0.39, 0.29) is 6.03 Å². The first-order valence-corrected chi connectivity index (χ1v) is 8.72. The van der Waals surface area contributed by atoms with Crippen LogP contribution in [-0.2, 0) is 0 Å². The van der Waals surface area contributed by atoms with E-state index in [1.165, 1.54) is 29.9 Å². The van der Waals surface area contributed by atoms with Gasteiger partial charge in [-0.15, -0.1) is 0 Å². The molecule has 1 saturated heterocycles. The molecule has 0 atom stereocenters. The lowest BCUT2D eigenvalue weighted by molar-refractivity contribution is 0.194. The summed E-state index contributed by atoms with van der Waals surface area (Å²) in [6.07, 6.45) is 5.38. The lowest BCUT2D eigenvalue weighted by Gasteiger charge is -2.31. The fraction of sp³-hybridized carbons (Fsp3) is 0.316. The highest BCUT2D eigenvalue weighted by Gasteiger charge is 2.25. The first-order valence-electron chi connectivity index (χ1n) is 8.72. The number of carbonyl (C=O) groups is 1. The molecule has 3 heterocycles. The molecule has 0 bridgehead atoms. The average molecular weight is 351 g/mol. The van der Waals surface area contributed by atoms with Crippen LogP contribution in [0.4, 0.5) is 10.6 Å². The third-order valence-electron chi connectivity index (χ3n) is 4.93. The Morgan fingerprint density at radius 3 is 2.88 bits per heavy atom. The van der Waals surface area contributed by atoms with E-state index in [1.807, 2.05) is 11.0 Å². The van der Waals surface area contributed by atoms with Crippen molar-refractivity contribution >= 4 is 22.8 Å². The molecule has 2 aromatic heterocycles. The molecule has 0 radical (unpaired) electrons. The Morgan fingerprint density at radius 1 is 1.27 bits per heavy atom. The molecule has 7 heteroatoms. The second kappa shape index (κ2) is 7.03. The molecule has 0 aliphatic carbocycles. The lowest BCUT2D eigenvalue weighted by Crippen LogP contribution is -2.40. The second-order valence-corrected chi connectivity index (χ2v) is 6.43. The van der Waals surface area contributed by atoms with Gasteiger partial charge in [0.05, 0.1) is 7.11 Å². The maximum atomic E-state index is 12.5. The minimum atomic E-state index is -0.136. The van der Waals surface area contributed by atoms with E-state index >= 15 is 0 Å². The number of para-hydroxylation sites is 1. The van der Waals surface area contributed by atoms with Crippen LogP contribution in [-0.4, -0.2) is 46.1 Å². The lowest BCUT2D eigenvalue weighted by atomic mass is 9.89. The van der Waals surface area contributed by atoms with Crippen LogP contribution in [0.1, 0.15) is 24.3 Å². The summed E-state index contributed by atoms with van der Waals surface area (Å²) in [7, 11) is 1.53. The Kier molecular flexibility index (Phi) is 4.43. The number of piperidine rings is 1. The SMILES string of the molecule is COc1cc(NC(=O)N2CCC(c3c[nH]c4ccccc34)CC2)ncn1. The summed E-state index contributed by atoms with van der Waals surface area (Å²) in [6, 6.07) is 9.83. The molecule has 134 valence electrons. The first kappa shape index (κ1) is 16.4. The van der Waals surface area contributed by atoms with Crippen molar-refractivity contribution in [3.05, 3.63) is 48.4 Å². The highest BCUT2D eigenvalue weighted by atomic mass is 16.5. The summed E-state index contributed by atoms with van der Waals surface area (Å²) >= 11 is 0. The van der Waals surface area contributed by atoms with Crippen LogP contribution in [0.25, 0.3) is 10.9 Å². The van der Waals surface area contributed by atoms with E-state index in [1.54, 1.807) is 6.07 Å². The Labute approximate surface area is 151 Å². The number of likely N-dealkylation sites (tertiary alicyclic amines) is 1. The molecule has 1 aliphatic rings. The second-order valence-electron chi connectivity index (χ2n) is 6.43. The van der Waals surface area contributed by atoms with Gasteiger partial charge >= 0.3 is 6.03 Å². The number of nitrogens with one attached hydrogen (secondary N) is 2. The van der Waals surface area contributed by atoms with Gasteiger partial charge in [-0.2, -0.15) is 0 Å². The van der Waals surface area contributed by atoms with Crippen molar-refractivity contribution in [3.8, 4) is 5.88 Å². The topological polar surface area (TPSA) is 83.1 Å². The monoisotopic (exact) mass is 351 g/mol. The standard InChI is InChI=1S/C19H21N5O2/c1-26-18-10-17(21-12-22-18)23-19(25)24-8-6-13(7-9-24)15-11-20-16-5-3-2-4-14(15)16/h2-5,10-13,20H,6-9H2,1H3,(H,21,22,23,25). The number of hydrogen-bond donors (Lipinski definition) is 2. The van der Waals surface area contributed by atoms with E-state index in [2.05, 4.69) is 44.7 Å². The van der Waals surface area contributed by atoms with Crippen molar-refractivity contribution in [2.75, 3.05) is 25.5 Å². The number of amides is 2. The summed E-state index contributed by atoms with van der Waals surface area (Å²) in [5.41, 5.74) is 2.52. The Morgan fingerprint density at radius 2 is 2.08 bits per heavy atom. The summed E-state index contributed by atoms with van der Waals surface area (Å²) in [4.78, 5) is 25.7. The third-order valence-corrected chi connectivity index (χ3v) is 4.93. The van der Waals surface area contributed by atoms with Gasteiger partial charge in [0.15, 0.2) is 0 Å². The molecular weight excluding hydrogens is 330 g/mol. The number of carbonyl (C=O) groups excluding carboxylic acids is 1. The average Bonchev–Trinajstić information content (AvgIpc) is 3.12. The highest BCUT2D eigenvalue weighted by molar-refractivity contribution is 5.88. The molecule has 26 heavy (non-hydrogen) atoms. The molecule has 0 spiro atoms. The van der Waals surface area contributed by atoms with Crippen molar-refractivity contribution in [1.29, 1.82) is 0 Å². The van der Waals surface area contributed by atoms with Crippen LogP contribution < -0.4 is 10.1 Å². The summed E-state index contributed by atoms with van der Waals surface area (Å²) in [5.74, 6) is 1.34. The maximum Gasteiger partial charge on any atom is 0.323 e. The van der Waals surface area contributed by atoms with Gasteiger partial charge in [-0.3, -0.25) is 5.32 Å². The molecule has 1 fully saturated rings. The molecule has 1 aliphatic heterocycles. The van der Waals surface area contributed by atoms with Crippen LogP contribution in [0, 0.1) is 0 Å². The van der Waals surface area contributed by atoms with Gasteiger partial charge in [0, 0.05) is 36.3 Å². The number of methoxy groups -OCH3 is 1. The summed E-state index contributed by atoms with van der Waals surface area (Å²) < 4.78 is 5.05. The molecular formula is C19H21N5O2. The van der Waals surface area contributed by atoms with Gasteiger partial charge in [-0.25, -0.2) is 14.8 Å². The zero-order valence-corrected chi connectivity index (χ0v) is 14.6. The van der Waals surface area contributed by atoms with Gasteiger partial charge < -0.3 is 14.6 Å². The number of H-pyrrole nitrogens is 1. The van der Waals surface area contributed by atoms with Gasteiger partial charge in [0.25, 0.3) is 0 Å². The highest BCUT2D eigenvalue weighted by Crippen LogP contribution is 2.33. The van der Waals surface area contributed by atoms with E-state index in [0.717, 1.165) is 25.9 Å². The van der Waals surface area contributed by atoms with E-state index in [9.17, 15) is 4.79 Å². The van der Waals surface area contributed by atoms with E-state index in [0.29, 0.717) is 17.6 Å². The van der Waals surface area contributed by atoms with Crippen LogP contribution in [0.2, 0.25) is 0 Å². The fourth-order valence-corrected chi connectivity index (χ4v) is 3.53. The van der Waals surface area contributed by atoms with E-state index in [4.69, 9.17) is 4.74 Å². The van der Waals surface area contributed by atoms with Crippen molar-refractivity contribution in [2.45, 2.75) is 18.8 Å². The summed E-state index contributed by atoms with van der Waals surface area (Å²) in [5, 5.41) is 4.10. The molecule has 3 aromatic rings. The smallest absolute Gasteiger partial charge is 0.323 e. The molecule has 0 saturated carbocycles. The van der Waals surface area contributed by atoms with Crippen molar-refractivity contribution < 1.29 is 9.53 Å². The number of nitrogens with zero attached hydrogens (tertiary/aromatic N) is 3. The van der Waals surface area contributed by atoms with Gasteiger partial charge in [-0.1, -0.05) is 18.2 Å². The zero-order chi connectivity index (χ0) is 17.9. The molecule has 2 amide bonds. The van der Waals surface area contributed by atoms with Gasteiger partial charge in [0.2, 0.25) is 5.88 Å². The number of anilines is 1. The molecule has 7 nitrogen and oxygen atoms in total. The number of benzene rings is 1. The number of ether oxygens (including phenoxy) is 1. The predicted octanol–water partition coefficient (Wildman–Crippen LogP) is 3.38. The Hall–Kier alpha value is -3.09. The normalized spacial score (nSPS) is 15.2. The van der Waals surface area contributed by atoms with E-state index < -0.39 is 0 Å². The number of hydrogen-bond acceptors (Lipinski definition) is 4. The molecule has 1 aromatic carbocycles. The first-order chi connectivity index (χ1) is 12.7.